The number of ether oxygens (including phenoxy) is 1. The van der Waals surface area contributed by atoms with Gasteiger partial charge in [0.15, 0.2) is 10.7 Å². The molecule has 3 aromatic heterocycles. The Morgan fingerprint density at radius 2 is 1.79 bits per heavy atom. The highest BCUT2D eigenvalue weighted by atomic mass is 35.5. The van der Waals surface area contributed by atoms with Crippen LogP contribution in [-0.4, -0.2) is 41.9 Å². The average Bonchev–Trinajstić information content (AvgIpc) is 3.43. The van der Waals surface area contributed by atoms with Crippen LogP contribution in [-0.2, 0) is 0 Å². The van der Waals surface area contributed by atoms with Crippen LogP contribution in [0.4, 0.5) is 0 Å². The number of aromatic nitrogens is 7. The van der Waals surface area contributed by atoms with Crippen molar-refractivity contribution in [1.82, 2.24) is 34.8 Å². The fraction of sp³-hybridized carbons (Fsp3) is 0.105. The molecule has 0 radical (unpaired) electrons. The fourth-order valence-electron chi connectivity index (χ4n) is 3.06. The van der Waals surface area contributed by atoms with E-state index in [2.05, 4.69) is 20.5 Å². The summed E-state index contributed by atoms with van der Waals surface area (Å²) < 4.78 is 8.88. The molecule has 144 valence electrons. The molecule has 0 spiro atoms. The molecule has 3 heterocycles. The number of hydrogen-bond donors (Lipinski definition) is 0. The second kappa shape index (κ2) is 6.94. The highest BCUT2D eigenvalue weighted by Gasteiger charge is 2.21. The number of halogens is 1. The van der Waals surface area contributed by atoms with E-state index in [1.807, 2.05) is 55.5 Å². The zero-order chi connectivity index (χ0) is 20.0. The molecule has 8 nitrogen and oxygen atoms in total. The second-order valence-corrected chi connectivity index (χ2v) is 7.63. The minimum absolute atomic E-state index is 0.537. The van der Waals surface area contributed by atoms with Crippen LogP contribution in [0.2, 0.25) is 5.02 Å². The zero-order valence-electron chi connectivity index (χ0n) is 15.4. The van der Waals surface area contributed by atoms with E-state index in [0.717, 1.165) is 27.7 Å². The highest BCUT2D eigenvalue weighted by Crippen LogP contribution is 2.34. The Labute approximate surface area is 174 Å². The van der Waals surface area contributed by atoms with Crippen molar-refractivity contribution in [3.63, 3.8) is 0 Å². The maximum Gasteiger partial charge on any atom is 0.235 e. The molecule has 29 heavy (non-hydrogen) atoms. The predicted octanol–water partition coefficient (Wildman–Crippen LogP) is 4.07. The molecule has 0 saturated carbocycles. The van der Waals surface area contributed by atoms with E-state index >= 15 is 0 Å². The van der Waals surface area contributed by atoms with E-state index in [-0.39, 0.29) is 0 Å². The van der Waals surface area contributed by atoms with Gasteiger partial charge >= 0.3 is 0 Å². The number of nitrogens with zero attached hydrogens (tertiary/aromatic N) is 7. The van der Waals surface area contributed by atoms with Crippen LogP contribution in [0.15, 0.2) is 48.5 Å². The fourth-order valence-corrected chi connectivity index (χ4v) is 4.05. The molecule has 0 aliphatic rings. The van der Waals surface area contributed by atoms with E-state index in [1.54, 1.807) is 16.3 Å². The van der Waals surface area contributed by atoms with Gasteiger partial charge < -0.3 is 4.74 Å². The van der Waals surface area contributed by atoms with Crippen LogP contribution in [0.1, 0.15) is 5.69 Å². The number of para-hydroxylation sites is 1. The first kappa shape index (κ1) is 17.8. The van der Waals surface area contributed by atoms with Gasteiger partial charge in [0.05, 0.1) is 24.1 Å². The average molecular weight is 424 g/mol. The first-order valence-corrected chi connectivity index (χ1v) is 9.89. The lowest BCUT2D eigenvalue weighted by Crippen LogP contribution is -1.99. The lowest BCUT2D eigenvalue weighted by Gasteiger charge is -2.04. The Bertz CT molecular complexity index is 1320. The molecule has 5 rings (SSSR count). The molecule has 5 aromatic rings. The van der Waals surface area contributed by atoms with Crippen LogP contribution >= 0.6 is 22.9 Å². The van der Waals surface area contributed by atoms with Crippen molar-refractivity contribution in [2.24, 2.45) is 0 Å². The van der Waals surface area contributed by atoms with Crippen molar-refractivity contribution in [2.75, 3.05) is 7.11 Å². The smallest absolute Gasteiger partial charge is 0.235 e. The van der Waals surface area contributed by atoms with Crippen molar-refractivity contribution < 1.29 is 4.74 Å². The Kier molecular flexibility index (Phi) is 4.26. The zero-order valence-corrected chi connectivity index (χ0v) is 17.0. The minimum atomic E-state index is 0.537. The molecule has 0 atom stereocenters. The van der Waals surface area contributed by atoms with Crippen molar-refractivity contribution >= 4 is 27.9 Å². The number of fused-ring (bicyclic) bond motifs is 1. The monoisotopic (exact) mass is 423 g/mol. The molecule has 10 heteroatoms. The maximum absolute atomic E-state index is 5.98. The van der Waals surface area contributed by atoms with Gasteiger partial charge in [0.2, 0.25) is 10.8 Å². The lowest BCUT2D eigenvalue weighted by molar-refractivity contribution is 0.416. The van der Waals surface area contributed by atoms with Gasteiger partial charge in [-0.15, -0.1) is 15.3 Å². The van der Waals surface area contributed by atoms with Gasteiger partial charge in [-0.1, -0.05) is 40.3 Å². The van der Waals surface area contributed by atoms with Crippen LogP contribution < -0.4 is 4.74 Å². The standard InChI is InChI=1S/C19H14ClN7OS/c1-11-16(21-25-26(11)13-9-7-12(20)8-10-13)17-22-23-19-27(17)24-18(29-19)14-5-3-4-6-15(14)28-2/h3-10H,1-2H3. The molecule has 0 saturated heterocycles. The summed E-state index contributed by atoms with van der Waals surface area (Å²) in [5.74, 6) is 1.29. The summed E-state index contributed by atoms with van der Waals surface area (Å²) in [5.41, 5.74) is 3.20. The third-order valence-electron chi connectivity index (χ3n) is 4.51. The van der Waals surface area contributed by atoms with Gasteiger partial charge in [-0.25, -0.2) is 4.68 Å². The van der Waals surface area contributed by atoms with Gasteiger partial charge in [-0.05, 0) is 43.3 Å². The van der Waals surface area contributed by atoms with Crippen LogP contribution in [0.3, 0.4) is 0 Å². The number of methoxy groups -OCH3 is 1. The third kappa shape index (κ3) is 2.95. The van der Waals surface area contributed by atoms with Crippen molar-refractivity contribution in [1.29, 1.82) is 0 Å². The van der Waals surface area contributed by atoms with Gasteiger partial charge in [0, 0.05) is 5.02 Å². The van der Waals surface area contributed by atoms with Crippen LogP contribution in [0, 0.1) is 6.92 Å². The van der Waals surface area contributed by atoms with E-state index in [1.165, 1.54) is 11.3 Å². The second-order valence-electron chi connectivity index (χ2n) is 6.24. The largest absolute Gasteiger partial charge is 0.496 e. The number of rotatable bonds is 4. The summed E-state index contributed by atoms with van der Waals surface area (Å²) in [4.78, 5) is 0.668. The summed E-state index contributed by atoms with van der Waals surface area (Å²) in [6.07, 6.45) is 0. The Balaban J connectivity index is 1.60. The molecule has 2 aromatic carbocycles. The number of benzene rings is 2. The molecule has 0 amide bonds. The predicted molar refractivity (Wildman–Crippen MR) is 111 cm³/mol. The van der Waals surface area contributed by atoms with Gasteiger partial charge in [-0.2, -0.15) is 9.61 Å². The summed E-state index contributed by atoms with van der Waals surface area (Å²) in [6.45, 7) is 1.93. The number of hydrogen-bond acceptors (Lipinski definition) is 7. The van der Waals surface area contributed by atoms with Crippen LogP contribution in [0.5, 0.6) is 5.75 Å². The molecule has 0 fully saturated rings. The maximum atomic E-state index is 5.98. The van der Waals surface area contributed by atoms with E-state index in [0.29, 0.717) is 21.5 Å². The molecule has 0 N–H and O–H groups in total. The lowest BCUT2D eigenvalue weighted by atomic mass is 10.2. The summed E-state index contributed by atoms with van der Waals surface area (Å²) in [7, 11) is 1.64. The Morgan fingerprint density at radius 3 is 2.59 bits per heavy atom. The summed E-state index contributed by atoms with van der Waals surface area (Å²) in [5, 5.41) is 23.3. The Morgan fingerprint density at radius 1 is 1.00 bits per heavy atom. The highest BCUT2D eigenvalue weighted by molar-refractivity contribution is 7.19. The molecule has 0 aliphatic heterocycles. The van der Waals surface area contributed by atoms with E-state index in [9.17, 15) is 0 Å². The summed E-state index contributed by atoms with van der Waals surface area (Å²) in [6, 6.07) is 15.1. The molecular weight excluding hydrogens is 410 g/mol. The quantitative estimate of drug-likeness (QED) is 0.433. The van der Waals surface area contributed by atoms with Gasteiger partial charge in [0.1, 0.15) is 5.75 Å². The normalized spacial score (nSPS) is 11.3. The minimum Gasteiger partial charge on any atom is -0.496 e. The molecule has 0 aliphatic carbocycles. The van der Waals surface area contributed by atoms with Crippen molar-refractivity contribution in [3.05, 3.63) is 59.2 Å². The molecular formula is C19H14ClN7OS. The first-order valence-electron chi connectivity index (χ1n) is 8.70. The van der Waals surface area contributed by atoms with Gasteiger partial charge in [-0.3, -0.25) is 0 Å². The van der Waals surface area contributed by atoms with Gasteiger partial charge in [0.25, 0.3) is 0 Å². The summed E-state index contributed by atoms with van der Waals surface area (Å²) >= 11 is 7.42. The third-order valence-corrected chi connectivity index (χ3v) is 5.69. The van der Waals surface area contributed by atoms with Crippen molar-refractivity contribution in [2.45, 2.75) is 6.92 Å². The molecule has 0 unspecified atom stereocenters. The van der Waals surface area contributed by atoms with Crippen molar-refractivity contribution in [3.8, 4) is 33.5 Å². The van der Waals surface area contributed by atoms with E-state index < -0.39 is 0 Å². The first-order chi connectivity index (χ1) is 14.2. The van der Waals surface area contributed by atoms with Crippen LogP contribution in [0.25, 0.3) is 32.7 Å². The SMILES string of the molecule is COc1ccccc1-c1nn2c(-c3nnn(-c4ccc(Cl)cc4)c3C)nnc2s1. The molecule has 0 bridgehead atoms. The Hall–Kier alpha value is -3.30. The van der Waals surface area contributed by atoms with E-state index in [4.69, 9.17) is 21.4 Å². The topological polar surface area (TPSA) is 83.0 Å².